The topological polar surface area (TPSA) is 67.6 Å². The van der Waals surface area contributed by atoms with E-state index in [2.05, 4.69) is 10.2 Å². The lowest BCUT2D eigenvalue weighted by molar-refractivity contribution is -0.124. The monoisotopic (exact) mass is 335 g/mol. The van der Waals surface area contributed by atoms with Gasteiger partial charge in [0.2, 0.25) is 5.91 Å². The summed E-state index contributed by atoms with van der Waals surface area (Å²) in [6.07, 6.45) is 2.73. The van der Waals surface area contributed by atoms with E-state index in [0.717, 1.165) is 38.0 Å². The van der Waals surface area contributed by atoms with Crippen LogP contribution in [0.15, 0.2) is 24.3 Å². The van der Waals surface area contributed by atoms with Gasteiger partial charge >= 0.3 is 0 Å². The normalized spacial score (nSPS) is 23.2. The van der Waals surface area contributed by atoms with Crippen molar-refractivity contribution in [3.05, 3.63) is 30.1 Å². The van der Waals surface area contributed by atoms with Gasteiger partial charge in [-0.2, -0.15) is 0 Å². The number of nitrogens with zero attached hydrogens (tertiary/aromatic N) is 1. The second kappa shape index (κ2) is 7.94. The molecule has 24 heavy (non-hydrogen) atoms. The summed E-state index contributed by atoms with van der Waals surface area (Å²) in [5.41, 5.74) is 7.13. The Morgan fingerprint density at radius 3 is 2.71 bits per heavy atom. The van der Waals surface area contributed by atoms with E-state index < -0.39 is 6.04 Å². The molecule has 132 valence electrons. The van der Waals surface area contributed by atoms with Crippen molar-refractivity contribution in [3.63, 3.8) is 0 Å². The zero-order valence-corrected chi connectivity index (χ0v) is 13.9. The molecule has 2 atom stereocenters. The van der Waals surface area contributed by atoms with Crippen molar-refractivity contribution in [1.82, 2.24) is 5.32 Å². The molecule has 0 spiro atoms. The first-order valence-electron chi connectivity index (χ1n) is 8.75. The molecule has 5 nitrogen and oxygen atoms in total. The Balaban J connectivity index is 1.43. The molecule has 2 heterocycles. The number of anilines is 1. The molecular formula is C18H26FN3O2. The summed E-state index contributed by atoms with van der Waals surface area (Å²) in [6, 6.07) is 6.13. The van der Waals surface area contributed by atoms with Crippen LogP contribution < -0.4 is 16.0 Å². The van der Waals surface area contributed by atoms with Crippen LogP contribution in [0.1, 0.15) is 19.3 Å². The number of carbonyl (C=O) groups is 1. The van der Waals surface area contributed by atoms with E-state index in [9.17, 15) is 9.18 Å². The average molecular weight is 335 g/mol. The van der Waals surface area contributed by atoms with E-state index in [1.165, 1.54) is 12.1 Å². The summed E-state index contributed by atoms with van der Waals surface area (Å²) in [5.74, 6) is 0.352. The van der Waals surface area contributed by atoms with Crippen LogP contribution >= 0.6 is 0 Å². The highest BCUT2D eigenvalue weighted by Crippen LogP contribution is 2.24. The third kappa shape index (κ3) is 4.24. The number of carbonyl (C=O) groups excluding carboxylic acids is 1. The van der Waals surface area contributed by atoms with Crippen molar-refractivity contribution >= 4 is 11.6 Å². The van der Waals surface area contributed by atoms with Crippen LogP contribution in [0.5, 0.6) is 0 Å². The molecule has 3 N–H and O–H groups in total. The van der Waals surface area contributed by atoms with Crippen LogP contribution in [0.25, 0.3) is 0 Å². The second-order valence-electron chi connectivity index (χ2n) is 6.80. The number of nitrogens with one attached hydrogen (secondary N) is 1. The Hall–Kier alpha value is -1.66. The summed E-state index contributed by atoms with van der Waals surface area (Å²) in [6.45, 7) is 3.84. The van der Waals surface area contributed by atoms with Crippen molar-refractivity contribution < 1.29 is 13.9 Å². The Morgan fingerprint density at radius 2 is 2.00 bits per heavy atom. The number of hydrogen-bond donors (Lipinski definition) is 2. The van der Waals surface area contributed by atoms with E-state index >= 15 is 0 Å². The van der Waals surface area contributed by atoms with Crippen molar-refractivity contribution in [2.75, 3.05) is 37.7 Å². The van der Waals surface area contributed by atoms with Crippen molar-refractivity contribution in [1.29, 1.82) is 0 Å². The minimum Gasteiger partial charge on any atom is -0.381 e. The lowest BCUT2D eigenvalue weighted by atomic mass is 9.92. The number of hydrogen-bond acceptors (Lipinski definition) is 4. The van der Waals surface area contributed by atoms with Gasteiger partial charge in [-0.15, -0.1) is 0 Å². The zero-order chi connectivity index (χ0) is 16.9. The highest BCUT2D eigenvalue weighted by Gasteiger charge is 2.28. The molecule has 0 aromatic heterocycles. The molecule has 2 unspecified atom stereocenters. The predicted octanol–water partition coefficient (Wildman–Crippen LogP) is 1.52. The number of nitrogens with two attached hydrogens (primary N) is 1. The largest absolute Gasteiger partial charge is 0.381 e. The maximum absolute atomic E-state index is 13.0. The summed E-state index contributed by atoms with van der Waals surface area (Å²) in [7, 11) is 0. The quantitative estimate of drug-likeness (QED) is 0.856. The van der Waals surface area contributed by atoms with Gasteiger partial charge in [0.15, 0.2) is 0 Å². The zero-order valence-electron chi connectivity index (χ0n) is 13.9. The Labute approximate surface area is 142 Å². The number of ether oxygens (including phenoxy) is 1. The van der Waals surface area contributed by atoms with Gasteiger partial charge in [-0.05, 0) is 55.4 Å². The van der Waals surface area contributed by atoms with E-state index in [-0.39, 0.29) is 17.6 Å². The molecule has 6 heteroatoms. The fraction of sp³-hybridized carbons (Fsp3) is 0.611. The highest BCUT2D eigenvalue weighted by atomic mass is 19.1. The molecular weight excluding hydrogens is 309 g/mol. The molecule has 0 bridgehead atoms. The minimum atomic E-state index is -0.441. The fourth-order valence-electron chi connectivity index (χ4n) is 3.54. The predicted molar refractivity (Wildman–Crippen MR) is 91.2 cm³/mol. The van der Waals surface area contributed by atoms with E-state index in [1.807, 2.05) is 0 Å². The van der Waals surface area contributed by atoms with Gasteiger partial charge in [0.25, 0.3) is 0 Å². The molecule has 3 rings (SSSR count). The van der Waals surface area contributed by atoms with Gasteiger partial charge in [-0.1, -0.05) is 0 Å². The Morgan fingerprint density at radius 1 is 1.29 bits per heavy atom. The van der Waals surface area contributed by atoms with Crippen molar-refractivity contribution in [2.24, 2.45) is 17.6 Å². The van der Waals surface area contributed by atoms with Crippen molar-refractivity contribution in [3.8, 4) is 0 Å². The first-order valence-corrected chi connectivity index (χ1v) is 8.75. The standard InChI is InChI=1S/C18H26FN3O2/c19-15-1-3-16(4-2-15)22-8-5-13(12-22)11-21-18(23)17(20)14-6-9-24-10-7-14/h1-4,13-14,17H,5-12,20H2,(H,21,23). The first-order chi connectivity index (χ1) is 11.6. The SMILES string of the molecule is NC(C(=O)NCC1CCN(c2ccc(F)cc2)C1)C1CCOCC1. The molecule has 2 saturated heterocycles. The van der Waals surface area contributed by atoms with Gasteiger partial charge < -0.3 is 20.7 Å². The van der Waals surface area contributed by atoms with E-state index in [1.54, 1.807) is 12.1 Å². The van der Waals surface area contributed by atoms with Gasteiger partial charge in [0, 0.05) is 38.5 Å². The third-order valence-electron chi connectivity index (χ3n) is 5.12. The fourth-order valence-corrected chi connectivity index (χ4v) is 3.54. The Bertz CT molecular complexity index is 546. The van der Waals surface area contributed by atoms with Crippen LogP contribution in [0, 0.1) is 17.7 Å². The van der Waals surface area contributed by atoms with Crippen LogP contribution in [-0.2, 0) is 9.53 Å². The van der Waals surface area contributed by atoms with Gasteiger partial charge in [-0.3, -0.25) is 4.79 Å². The highest BCUT2D eigenvalue weighted by molar-refractivity contribution is 5.81. The molecule has 1 aromatic rings. The smallest absolute Gasteiger partial charge is 0.237 e. The molecule has 2 aliphatic heterocycles. The van der Waals surface area contributed by atoms with Gasteiger partial charge in [0.05, 0.1) is 6.04 Å². The Kier molecular flexibility index (Phi) is 5.68. The van der Waals surface area contributed by atoms with Crippen LogP contribution in [0.2, 0.25) is 0 Å². The maximum atomic E-state index is 13.0. The molecule has 2 fully saturated rings. The summed E-state index contributed by atoms with van der Waals surface area (Å²) in [4.78, 5) is 14.5. The second-order valence-corrected chi connectivity index (χ2v) is 6.80. The summed E-state index contributed by atoms with van der Waals surface area (Å²) >= 11 is 0. The number of amides is 1. The third-order valence-corrected chi connectivity index (χ3v) is 5.12. The molecule has 0 radical (unpaired) electrons. The average Bonchev–Trinajstić information content (AvgIpc) is 3.09. The lowest BCUT2D eigenvalue weighted by Crippen LogP contribution is -2.48. The first kappa shape index (κ1) is 17.2. The number of benzene rings is 1. The van der Waals surface area contributed by atoms with Crippen LogP contribution in [-0.4, -0.2) is 44.8 Å². The van der Waals surface area contributed by atoms with Gasteiger partial charge in [-0.25, -0.2) is 4.39 Å². The molecule has 2 aliphatic rings. The van der Waals surface area contributed by atoms with E-state index in [0.29, 0.717) is 25.7 Å². The maximum Gasteiger partial charge on any atom is 0.237 e. The van der Waals surface area contributed by atoms with Crippen LogP contribution in [0.4, 0.5) is 10.1 Å². The van der Waals surface area contributed by atoms with Crippen LogP contribution in [0.3, 0.4) is 0 Å². The number of rotatable bonds is 5. The van der Waals surface area contributed by atoms with Gasteiger partial charge in [0.1, 0.15) is 5.82 Å². The summed E-state index contributed by atoms with van der Waals surface area (Å²) < 4.78 is 18.3. The molecule has 0 saturated carbocycles. The number of halogens is 1. The minimum absolute atomic E-state index is 0.0536. The summed E-state index contributed by atoms with van der Waals surface area (Å²) in [5, 5.41) is 3.01. The van der Waals surface area contributed by atoms with Crippen molar-refractivity contribution in [2.45, 2.75) is 25.3 Å². The van der Waals surface area contributed by atoms with E-state index in [4.69, 9.17) is 10.5 Å². The molecule has 0 aliphatic carbocycles. The molecule has 1 aromatic carbocycles. The lowest BCUT2D eigenvalue weighted by Gasteiger charge is -2.27. The molecule has 1 amide bonds.